The molecular weight excluding hydrogens is 733 g/mol. The predicted molar refractivity (Wildman–Crippen MR) is 239 cm³/mol. The number of allylic oxidation sites excluding steroid dienone is 1. The van der Waals surface area contributed by atoms with E-state index in [1.165, 1.54) is 96.7 Å². The van der Waals surface area contributed by atoms with E-state index in [0.717, 1.165) is 97.7 Å². The van der Waals surface area contributed by atoms with Crippen LogP contribution in [0, 0.1) is 6.92 Å². The summed E-state index contributed by atoms with van der Waals surface area (Å²) in [4.78, 5) is 30.2. The molecule has 0 aromatic heterocycles. The summed E-state index contributed by atoms with van der Waals surface area (Å²) in [5, 5.41) is 0. The van der Waals surface area contributed by atoms with Crippen molar-refractivity contribution < 1.29 is 22.4 Å². The Morgan fingerprint density at radius 1 is 0.643 bits per heavy atom. The third kappa shape index (κ3) is 13.9. The summed E-state index contributed by atoms with van der Waals surface area (Å²) in [7, 11) is 0. The normalized spacial score (nSPS) is 12.7. The van der Waals surface area contributed by atoms with Crippen molar-refractivity contribution in [3.05, 3.63) is 93.6 Å². The molecule has 0 heterocycles. The molecule has 0 radical (unpaired) electrons. The second-order valence-corrected chi connectivity index (χ2v) is 18.7. The minimum absolute atomic E-state index is 0.712. The molecule has 3 aromatic carbocycles. The van der Waals surface area contributed by atoms with Gasteiger partial charge in [-0.2, -0.15) is 0 Å². The van der Waals surface area contributed by atoms with Crippen LogP contribution in [-0.4, -0.2) is 18.5 Å². The van der Waals surface area contributed by atoms with Crippen LogP contribution in [0.5, 0.6) is 0 Å². The topological polar surface area (TPSA) is 70.6 Å². The van der Waals surface area contributed by atoms with Gasteiger partial charge < -0.3 is 0 Å². The first kappa shape index (κ1) is 46.9. The van der Waals surface area contributed by atoms with Crippen molar-refractivity contribution in [3.8, 4) is 11.1 Å². The molecule has 3 aromatic rings. The van der Waals surface area contributed by atoms with Crippen molar-refractivity contribution in [2.24, 2.45) is 4.99 Å². The molecule has 0 aliphatic rings. The number of carbonyl (C=O) groups excluding carboxylic acids is 2. The molecule has 0 atom stereocenters. The van der Waals surface area contributed by atoms with Gasteiger partial charge in [0, 0.05) is 0 Å². The Bertz CT molecular complexity index is 1700. The Kier molecular flexibility index (Phi) is 21.5. The molecule has 5 nitrogen and oxygen atoms in total. The molecule has 0 saturated carbocycles. The Morgan fingerprint density at radius 3 is 1.73 bits per heavy atom. The van der Waals surface area contributed by atoms with Crippen LogP contribution >= 0.6 is 0 Å². The fourth-order valence-corrected chi connectivity index (χ4v) is 10.2. The molecule has 0 aliphatic carbocycles. The van der Waals surface area contributed by atoms with Gasteiger partial charge in [-0.25, -0.2) is 0 Å². The standard InChI is InChI=1S/C47H68N.2CH3NO.CH3.Ni/c1-8-13-17-19-20-23-30-43-33-39(34-46(45(43)31-16-11-4)40-27-24-21-25-28-40)32-37(6)47(12-5)48-44-35-41(26-15-10-3)38(7)42(36-44)29-22-18-14-9-2;2*2-1-3;;/h21,24-25,27-28,33-36H,8-20,22-23,26,29-31H2,1-7H3;2*1H,(H2,2,3);1H3;/q;;;;+2/p-2. The molecule has 2 N–H and O–H groups in total. The molecule has 0 fully saturated rings. The molecule has 312 valence electrons. The number of nitrogens with one attached hydrogen (secondary N) is 2. The summed E-state index contributed by atoms with van der Waals surface area (Å²) >= 11 is -2.50. The van der Waals surface area contributed by atoms with Gasteiger partial charge >= 0.3 is 339 Å². The number of rotatable bonds is 28. The van der Waals surface area contributed by atoms with Crippen LogP contribution in [0.2, 0.25) is 5.89 Å². The van der Waals surface area contributed by atoms with Crippen LogP contribution in [0.3, 0.4) is 0 Å². The van der Waals surface area contributed by atoms with Crippen molar-refractivity contribution in [2.45, 2.75) is 176 Å². The molecule has 2 amide bonds. The summed E-state index contributed by atoms with van der Waals surface area (Å²) in [5.74, 6) is 1.99. The van der Waals surface area contributed by atoms with Gasteiger partial charge in [0.05, 0.1) is 0 Å². The second-order valence-electron chi connectivity index (χ2n) is 15.4. The minimum atomic E-state index is -2.50. The molecule has 0 aliphatic heterocycles. The van der Waals surface area contributed by atoms with E-state index in [1.807, 2.05) is 5.89 Å². The van der Waals surface area contributed by atoms with Crippen molar-refractivity contribution in [3.63, 3.8) is 0 Å². The predicted octanol–water partition coefficient (Wildman–Crippen LogP) is 13.8. The SMILES string of the molecule is CCCCCCCCc1cc([C](=C(C)C(CC)=Nc2cc(CCCC)c(C)c(CCCCCC)c2)[Ni]([CH3])([NH]C=O)[NH]C=O)cc(-c2ccccc2)c1CCCC. The molecule has 3 rings (SSSR count). The number of hydrogen-bond donors (Lipinski definition) is 2. The summed E-state index contributed by atoms with van der Waals surface area (Å²) in [6.07, 6.45) is 23.3. The quantitative estimate of drug-likeness (QED) is 0.0332. The van der Waals surface area contributed by atoms with E-state index < -0.39 is 12.8 Å². The summed E-state index contributed by atoms with van der Waals surface area (Å²) in [5.41, 5.74) is 13.5. The van der Waals surface area contributed by atoms with Gasteiger partial charge in [-0.3, -0.25) is 0 Å². The summed E-state index contributed by atoms with van der Waals surface area (Å²) < 4.78 is 7.20. The maximum atomic E-state index is 12.4. The molecule has 0 unspecified atom stereocenters. The van der Waals surface area contributed by atoms with Crippen molar-refractivity contribution in [1.29, 1.82) is 0 Å². The number of benzene rings is 3. The zero-order valence-electron chi connectivity index (χ0n) is 36.4. The fourth-order valence-electron chi connectivity index (χ4n) is 7.81. The van der Waals surface area contributed by atoms with Gasteiger partial charge in [0.1, 0.15) is 0 Å². The van der Waals surface area contributed by atoms with Gasteiger partial charge in [0.15, 0.2) is 0 Å². The van der Waals surface area contributed by atoms with Gasteiger partial charge in [0.2, 0.25) is 0 Å². The van der Waals surface area contributed by atoms with Crippen LogP contribution in [0.25, 0.3) is 15.7 Å². The molecule has 0 spiro atoms. The molecule has 56 heavy (non-hydrogen) atoms. The number of hydrogen-bond acceptors (Lipinski definition) is 3. The van der Waals surface area contributed by atoms with Crippen molar-refractivity contribution in [2.75, 3.05) is 0 Å². The Morgan fingerprint density at radius 2 is 1.16 bits per heavy atom. The van der Waals surface area contributed by atoms with Crippen LogP contribution < -0.4 is 8.79 Å². The Balaban J connectivity index is 2.37. The maximum absolute atomic E-state index is 12.4. The van der Waals surface area contributed by atoms with Gasteiger partial charge in [-0.1, -0.05) is 6.92 Å². The third-order valence-corrected chi connectivity index (χ3v) is 14.1. The first-order valence-electron chi connectivity index (χ1n) is 21.8. The average molecular weight is 809 g/mol. The van der Waals surface area contributed by atoms with Gasteiger partial charge in [-0.05, 0) is 0 Å². The van der Waals surface area contributed by atoms with Crippen LogP contribution in [0.15, 0.2) is 65.2 Å². The van der Waals surface area contributed by atoms with Crippen molar-refractivity contribution >= 4 is 28.8 Å². The van der Waals surface area contributed by atoms with E-state index in [9.17, 15) is 9.59 Å². The number of nitrogens with zero attached hydrogens (tertiary/aromatic N) is 1. The first-order valence-corrected chi connectivity index (χ1v) is 24.3. The van der Waals surface area contributed by atoms with E-state index in [-0.39, 0.29) is 0 Å². The van der Waals surface area contributed by atoms with E-state index >= 15 is 0 Å². The van der Waals surface area contributed by atoms with E-state index in [1.54, 1.807) is 0 Å². The van der Waals surface area contributed by atoms with Gasteiger partial charge in [0.25, 0.3) is 0 Å². The number of carbonyl (C=O) groups is 2. The average Bonchev–Trinajstić information content (AvgIpc) is 3.20. The Hall–Kier alpha value is -3.50. The molecular formula is C50H75N3NiO2. The van der Waals surface area contributed by atoms with Gasteiger partial charge in [-0.15, -0.1) is 0 Å². The summed E-state index contributed by atoms with van der Waals surface area (Å²) in [6, 6.07) is 20.1. The number of aliphatic imine (C=N–C) groups is 1. The molecule has 0 bridgehead atoms. The number of unbranched alkanes of at least 4 members (excludes halogenated alkanes) is 10. The van der Waals surface area contributed by atoms with Crippen molar-refractivity contribution in [1.82, 2.24) is 8.79 Å². The summed E-state index contributed by atoms with van der Waals surface area (Å²) in [6.45, 7) is 15.7. The van der Waals surface area contributed by atoms with Crippen LogP contribution in [0.4, 0.5) is 5.69 Å². The van der Waals surface area contributed by atoms with Crippen LogP contribution in [-0.2, 0) is 48.1 Å². The molecule has 6 heteroatoms. The van der Waals surface area contributed by atoms with E-state index in [4.69, 9.17) is 4.99 Å². The second kappa shape index (κ2) is 25.7. The molecule has 0 saturated heterocycles. The fraction of sp³-hybridized carbons (Fsp3) is 0.540. The monoisotopic (exact) mass is 808 g/mol. The van der Waals surface area contributed by atoms with E-state index in [0.29, 0.717) is 6.42 Å². The zero-order valence-corrected chi connectivity index (χ0v) is 37.4. The third-order valence-electron chi connectivity index (χ3n) is 11.0. The Labute approximate surface area is 344 Å². The number of amides is 2. The van der Waals surface area contributed by atoms with Crippen LogP contribution in [0.1, 0.15) is 171 Å². The zero-order chi connectivity index (χ0) is 40.8. The van der Waals surface area contributed by atoms with E-state index in [2.05, 4.69) is 112 Å². The number of aryl methyl sites for hydroxylation is 3. The first-order chi connectivity index (χ1) is 27.2.